The van der Waals surface area contributed by atoms with Crippen LogP contribution in [0.3, 0.4) is 0 Å². The van der Waals surface area contributed by atoms with Crippen molar-refractivity contribution in [3.05, 3.63) is 0 Å². The Morgan fingerprint density at radius 1 is 1.47 bits per heavy atom. The topological polar surface area (TPSA) is 67.5 Å². The zero-order valence-electron chi connectivity index (χ0n) is 10.4. The summed E-state index contributed by atoms with van der Waals surface area (Å²) in [4.78, 5) is 15.6. The summed E-state index contributed by atoms with van der Waals surface area (Å²) in [7, 11) is 0. The lowest BCUT2D eigenvalue weighted by Crippen LogP contribution is -2.44. The van der Waals surface area contributed by atoms with Crippen molar-refractivity contribution in [3.63, 3.8) is 0 Å². The number of nitrogens with two attached hydrogens (primary N) is 1. The summed E-state index contributed by atoms with van der Waals surface area (Å²) in [6.07, 6.45) is 6.68. The minimum Gasteiger partial charge on any atom is -0.368 e. The van der Waals surface area contributed by atoms with Crippen LogP contribution in [-0.4, -0.2) is 29.4 Å². The zero-order chi connectivity index (χ0) is 12.3. The standard InChI is InChI=1S/C12H21N3OS/c1-9(10(13)16)15-11-14-7-12(8-17-11)5-3-2-4-6-12/h9H,2-8H2,1H3,(H2,13,16)(H,14,15). The number of amidine groups is 1. The Labute approximate surface area is 107 Å². The van der Waals surface area contributed by atoms with Crippen molar-refractivity contribution >= 4 is 22.8 Å². The number of nitrogens with zero attached hydrogens (tertiary/aromatic N) is 1. The molecule has 17 heavy (non-hydrogen) atoms. The first kappa shape index (κ1) is 12.7. The molecule has 0 bridgehead atoms. The van der Waals surface area contributed by atoms with Gasteiger partial charge in [0.1, 0.15) is 6.04 Å². The molecule has 0 aromatic heterocycles. The number of hydrogen-bond acceptors (Lipinski definition) is 4. The van der Waals surface area contributed by atoms with E-state index in [4.69, 9.17) is 5.73 Å². The van der Waals surface area contributed by atoms with Crippen LogP contribution in [-0.2, 0) is 4.79 Å². The Morgan fingerprint density at radius 3 is 2.71 bits per heavy atom. The van der Waals surface area contributed by atoms with Crippen LogP contribution >= 0.6 is 11.8 Å². The van der Waals surface area contributed by atoms with Gasteiger partial charge in [-0.2, -0.15) is 0 Å². The first-order chi connectivity index (χ1) is 8.11. The van der Waals surface area contributed by atoms with Crippen LogP contribution in [0.1, 0.15) is 39.0 Å². The minimum absolute atomic E-state index is 0.328. The zero-order valence-corrected chi connectivity index (χ0v) is 11.2. The molecule has 0 saturated heterocycles. The average molecular weight is 255 g/mol. The van der Waals surface area contributed by atoms with Gasteiger partial charge in [0.15, 0.2) is 5.17 Å². The molecule has 1 unspecified atom stereocenters. The Hall–Kier alpha value is -0.710. The number of nitrogens with one attached hydrogen (secondary N) is 1. The third-order valence-corrected chi connectivity index (χ3v) is 5.03. The SMILES string of the molecule is CC(NC1=NCC2(CCCCC2)CS1)C(N)=O. The average Bonchev–Trinajstić information content (AvgIpc) is 2.33. The van der Waals surface area contributed by atoms with Crippen LogP contribution < -0.4 is 11.1 Å². The number of primary amides is 1. The highest BCUT2D eigenvalue weighted by Gasteiger charge is 2.35. The number of hydrogen-bond donors (Lipinski definition) is 2. The van der Waals surface area contributed by atoms with Gasteiger partial charge in [-0.3, -0.25) is 9.79 Å². The lowest BCUT2D eigenvalue weighted by molar-refractivity contribution is -0.119. The molecule has 96 valence electrons. The van der Waals surface area contributed by atoms with Gasteiger partial charge in [-0.25, -0.2) is 0 Å². The fourth-order valence-corrected chi connectivity index (χ4v) is 3.74. The summed E-state index contributed by atoms with van der Waals surface area (Å²) in [6.45, 7) is 2.68. The Kier molecular flexibility index (Phi) is 3.97. The van der Waals surface area contributed by atoms with Gasteiger partial charge in [0.05, 0.1) is 0 Å². The third kappa shape index (κ3) is 3.15. The second kappa shape index (κ2) is 5.29. The molecule has 1 spiro atoms. The molecular formula is C12H21N3OS. The number of carbonyl (C=O) groups is 1. The van der Waals surface area contributed by atoms with Crippen LogP contribution in [0.2, 0.25) is 0 Å². The van der Waals surface area contributed by atoms with Crippen molar-refractivity contribution in [3.8, 4) is 0 Å². The van der Waals surface area contributed by atoms with E-state index in [9.17, 15) is 4.79 Å². The maximum Gasteiger partial charge on any atom is 0.239 e. The lowest BCUT2D eigenvalue weighted by atomic mass is 9.75. The summed E-state index contributed by atoms with van der Waals surface area (Å²) in [5.74, 6) is 0.802. The summed E-state index contributed by atoms with van der Waals surface area (Å²) in [5, 5.41) is 3.96. The molecule has 0 radical (unpaired) electrons. The normalized spacial score (nSPS) is 25.1. The molecule has 1 amide bonds. The summed E-state index contributed by atoms with van der Waals surface area (Å²) in [6, 6.07) is -0.332. The number of rotatable bonds is 2. The van der Waals surface area contributed by atoms with E-state index in [2.05, 4.69) is 10.3 Å². The largest absolute Gasteiger partial charge is 0.368 e. The molecule has 4 nitrogen and oxygen atoms in total. The smallest absolute Gasteiger partial charge is 0.239 e. The van der Waals surface area contributed by atoms with Gasteiger partial charge in [0, 0.05) is 12.3 Å². The van der Waals surface area contributed by atoms with Crippen LogP contribution in [0.4, 0.5) is 0 Å². The van der Waals surface area contributed by atoms with E-state index in [-0.39, 0.29) is 11.9 Å². The fraction of sp³-hybridized carbons (Fsp3) is 0.833. The maximum absolute atomic E-state index is 11.0. The van der Waals surface area contributed by atoms with Gasteiger partial charge in [0.2, 0.25) is 5.91 Å². The van der Waals surface area contributed by atoms with Gasteiger partial charge in [-0.15, -0.1) is 0 Å². The second-order valence-corrected chi connectivity index (χ2v) is 6.20. The van der Waals surface area contributed by atoms with Gasteiger partial charge in [0.25, 0.3) is 0 Å². The quantitative estimate of drug-likeness (QED) is 0.786. The monoisotopic (exact) mass is 255 g/mol. The predicted molar refractivity (Wildman–Crippen MR) is 72.1 cm³/mol. The highest BCUT2D eigenvalue weighted by molar-refractivity contribution is 8.13. The molecule has 1 heterocycles. The number of thioether (sulfide) groups is 1. The van der Waals surface area contributed by atoms with Gasteiger partial charge in [-0.1, -0.05) is 31.0 Å². The van der Waals surface area contributed by atoms with Crippen LogP contribution in [0, 0.1) is 5.41 Å². The second-order valence-electron chi connectivity index (χ2n) is 5.24. The van der Waals surface area contributed by atoms with Gasteiger partial charge < -0.3 is 11.1 Å². The van der Waals surface area contributed by atoms with E-state index in [1.54, 1.807) is 18.7 Å². The summed E-state index contributed by atoms with van der Waals surface area (Å²) >= 11 is 1.75. The van der Waals surface area contributed by atoms with E-state index in [0.29, 0.717) is 5.41 Å². The predicted octanol–water partition coefficient (Wildman–Crippen LogP) is 1.50. The molecule has 1 aliphatic heterocycles. The lowest BCUT2D eigenvalue weighted by Gasteiger charge is -2.38. The van der Waals surface area contributed by atoms with E-state index < -0.39 is 0 Å². The molecule has 5 heteroatoms. The molecule has 3 N–H and O–H groups in total. The summed E-state index contributed by atoms with van der Waals surface area (Å²) in [5.41, 5.74) is 5.66. The molecule has 1 aliphatic carbocycles. The molecule has 0 aromatic rings. The highest BCUT2D eigenvalue weighted by atomic mass is 32.2. The highest BCUT2D eigenvalue weighted by Crippen LogP contribution is 2.41. The van der Waals surface area contributed by atoms with E-state index in [1.807, 2.05) is 0 Å². The Balaban J connectivity index is 1.90. The van der Waals surface area contributed by atoms with E-state index in [1.165, 1.54) is 32.1 Å². The van der Waals surface area contributed by atoms with Crippen LogP contribution in [0.15, 0.2) is 4.99 Å². The first-order valence-corrected chi connectivity index (χ1v) is 7.33. The molecule has 2 aliphatic rings. The number of aliphatic imine (C=N–C) groups is 1. The van der Waals surface area contributed by atoms with E-state index >= 15 is 0 Å². The number of carbonyl (C=O) groups excluding carboxylic acids is 1. The van der Waals surface area contributed by atoms with Crippen molar-refractivity contribution in [1.82, 2.24) is 5.32 Å². The van der Waals surface area contributed by atoms with Crippen molar-refractivity contribution < 1.29 is 4.79 Å². The summed E-state index contributed by atoms with van der Waals surface area (Å²) < 4.78 is 0. The third-order valence-electron chi connectivity index (χ3n) is 3.75. The minimum atomic E-state index is -0.332. The molecule has 0 aromatic carbocycles. The fourth-order valence-electron chi connectivity index (χ4n) is 2.50. The van der Waals surface area contributed by atoms with Crippen LogP contribution in [0.25, 0.3) is 0 Å². The van der Waals surface area contributed by atoms with Crippen molar-refractivity contribution in [2.24, 2.45) is 16.1 Å². The molecular weight excluding hydrogens is 234 g/mol. The van der Waals surface area contributed by atoms with Crippen molar-refractivity contribution in [2.75, 3.05) is 12.3 Å². The first-order valence-electron chi connectivity index (χ1n) is 6.34. The van der Waals surface area contributed by atoms with Gasteiger partial charge in [-0.05, 0) is 25.2 Å². The Morgan fingerprint density at radius 2 is 2.18 bits per heavy atom. The van der Waals surface area contributed by atoms with E-state index in [0.717, 1.165) is 17.5 Å². The van der Waals surface area contributed by atoms with Crippen LogP contribution in [0.5, 0.6) is 0 Å². The van der Waals surface area contributed by atoms with Crippen molar-refractivity contribution in [1.29, 1.82) is 0 Å². The maximum atomic E-state index is 11.0. The molecule has 1 saturated carbocycles. The van der Waals surface area contributed by atoms with Crippen molar-refractivity contribution in [2.45, 2.75) is 45.1 Å². The molecule has 2 rings (SSSR count). The molecule has 1 fully saturated rings. The Bertz CT molecular complexity index is 324. The number of amides is 1. The van der Waals surface area contributed by atoms with Gasteiger partial charge >= 0.3 is 0 Å². The molecule has 1 atom stereocenters.